The number of hydrogen-bond donors (Lipinski definition) is 1. The molecule has 2 aromatic rings. The summed E-state index contributed by atoms with van der Waals surface area (Å²) >= 11 is 9.07. The molecular formula is C16H17ClN2OS2. The highest BCUT2D eigenvalue weighted by Gasteiger charge is 2.35. The maximum atomic E-state index is 12.5. The molecule has 3 nitrogen and oxygen atoms in total. The Hall–Kier alpha value is -0.880. The summed E-state index contributed by atoms with van der Waals surface area (Å²) in [6, 6.07) is 8.15. The molecule has 0 aromatic carbocycles. The third-order valence-corrected chi connectivity index (χ3v) is 7.13. The number of fused-ring (bicyclic) bond motifs is 3. The van der Waals surface area contributed by atoms with Crippen LogP contribution in [0.1, 0.15) is 22.5 Å². The monoisotopic (exact) mass is 352 g/mol. The van der Waals surface area contributed by atoms with Gasteiger partial charge in [-0.1, -0.05) is 11.6 Å². The largest absolute Gasteiger partial charge is 0.347 e. The van der Waals surface area contributed by atoms with E-state index >= 15 is 0 Å². The number of nitrogens with zero attached hydrogens (tertiary/aromatic N) is 1. The lowest BCUT2D eigenvalue weighted by atomic mass is 9.84. The van der Waals surface area contributed by atoms with Crippen LogP contribution in [0, 0.1) is 5.92 Å². The highest BCUT2D eigenvalue weighted by molar-refractivity contribution is 7.24. The van der Waals surface area contributed by atoms with E-state index in [1.165, 1.54) is 25.9 Å². The summed E-state index contributed by atoms with van der Waals surface area (Å²) in [5.41, 5.74) is 0. The fourth-order valence-electron chi connectivity index (χ4n) is 3.41. The molecular weight excluding hydrogens is 336 g/mol. The number of rotatable bonds is 3. The van der Waals surface area contributed by atoms with Crippen LogP contribution in [0.15, 0.2) is 24.3 Å². The smallest absolute Gasteiger partial charge is 0.261 e. The lowest BCUT2D eigenvalue weighted by Gasteiger charge is -2.44. The quantitative estimate of drug-likeness (QED) is 0.907. The Morgan fingerprint density at radius 3 is 2.50 bits per heavy atom. The van der Waals surface area contributed by atoms with Crippen LogP contribution in [0.4, 0.5) is 0 Å². The average molecular weight is 353 g/mol. The SMILES string of the molecule is O=C(N[C@H]1CN2CCC1CC2)c1ccc(-c2ccc(Cl)s2)s1. The van der Waals surface area contributed by atoms with Gasteiger partial charge in [0.25, 0.3) is 5.91 Å². The Labute approximate surface area is 142 Å². The predicted molar refractivity (Wildman–Crippen MR) is 93.1 cm³/mol. The molecule has 22 heavy (non-hydrogen) atoms. The number of thiophene rings is 2. The lowest BCUT2D eigenvalue weighted by Crippen LogP contribution is -2.57. The van der Waals surface area contributed by atoms with E-state index in [0.717, 1.165) is 25.5 Å². The minimum atomic E-state index is 0.0673. The van der Waals surface area contributed by atoms with E-state index in [1.54, 1.807) is 22.7 Å². The number of halogens is 1. The van der Waals surface area contributed by atoms with Crippen molar-refractivity contribution in [3.63, 3.8) is 0 Å². The second-order valence-electron chi connectivity index (χ2n) is 5.99. The minimum Gasteiger partial charge on any atom is -0.347 e. The molecule has 5 rings (SSSR count). The van der Waals surface area contributed by atoms with Crippen LogP contribution in [0.3, 0.4) is 0 Å². The van der Waals surface area contributed by atoms with Gasteiger partial charge >= 0.3 is 0 Å². The summed E-state index contributed by atoms with van der Waals surface area (Å²) in [6.07, 6.45) is 2.43. The van der Waals surface area contributed by atoms with Gasteiger partial charge in [-0.3, -0.25) is 4.79 Å². The van der Waals surface area contributed by atoms with Gasteiger partial charge in [0.2, 0.25) is 0 Å². The predicted octanol–water partition coefficient (Wildman–Crippen LogP) is 3.95. The topological polar surface area (TPSA) is 32.3 Å². The molecule has 116 valence electrons. The molecule has 3 aliphatic heterocycles. The van der Waals surface area contributed by atoms with Crippen LogP contribution in [0.2, 0.25) is 4.34 Å². The van der Waals surface area contributed by atoms with Crippen molar-refractivity contribution in [2.75, 3.05) is 19.6 Å². The molecule has 0 aliphatic carbocycles. The van der Waals surface area contributed by atoms with Crippen LogP contribution in [-0.4, -0.2) is 36.5 Å². The molecule has 1 amide bonds. The first-order valence-corrected chi connectivity index (χ1v) is 9.59. The van der Waals surface area contributed by atoms with Crippen LogP contribution in [0.25, 0.3) is 9.75 Å². The van der Waals surface area contributed by atoms with Crippen LogP contribution >= 0.6 is 34.3 Å². The summed E-state index contributed by atoms with van der Waals surface area (Å²) in [7, 11) is 0. The zero-order valence-electron chi connectivity index (χ0n) is 12.0. The molecule has 5 heterocycles. The van der Waals surface area contributed by atoms with Gasteiger partial charge in [0.15, 0.2) is 0 Å². The second kappa shape index (κ2) is 5.96. The number of hydrogen-bond acceptors (Lipinski definition) is 4. The summed E-state index contributed by atoms with van der Waals surface area (Å²) in [5, 5.41) is 3.24. The summed E-state index contributed by atoms with van der Waals surface area (Å²) < 4.78 is 0.779. The van der Waals surface area contributed by atoms with Crippen molar-refractivity contribution < 1.29 is 4.79 Å². The number of carbonyl (C=O) groups excluding carboxylic acids is 1. The number of piperidine rings is 3. The fourth-order valence-corrected chi connectivity index (χ4v) is 5.45. The first-order chi connectivity index (χ1) is 10.7. The van der Waals surface area contributed by atoms with Crippen molar-refractivity contribution in [3.05, 3.63) is 33.5 Å². The number of nitrogens with one attached hydrogen (secondary N) is 1. The Morgan fingerprint density at radius 1 is 1.14 bits per heavy atom. The highest BCUT2D eigenvalue weighted by atomic mass is 35.5. The third-order valence-electron chi connectivity index (χ3n) is 4.62. The van der Waals surface area contributed by atoms with Crippen LogP contribution < -0.4 is 5.32 Å². The zero-order valence-corrected chi connectivity index (χ0v) is 14.4. The van der Waals surface area contributed by atoms with E-state index in [1.807, 2.05) is 24.3 Å². The Kier molecular flexibility index (Phi) is 3.98. The van der Waals surface area contributed by atoms with Gasteiger partial charge in [-0.05, 0) is 56.1 Å². The Balaban J connectivity index is 1.46. The van der Waals surface area contributed by atoms with Crippen molar-refractivity contribution in [1.29, 1.82) is 0 Å². The zero-order chi connectivity index (χ0) is 15.1. The molecule has 0 radical (unpaired) electrons. The van der Waals surface area contributed by atoms with E-state index in [4.69, 9.17) is 11.6 Å². The molecule has 6 heteroatoms. The van der Waals surface area contributed by atoms with Gasteiger partial charge in [-0.15, -0.1) is 22.7 Å². The van der Waals surface area contributed by atoms with Crippen molar-refractivity contribution in [3.8, 4) is 9.75 Å². The van der Waals surface area contributed by atoms with Crippen molar-refractivity contribution >= 4 is 40.2 Å². The van der Waals surface area contributed by atoms with E-state index in [2.05, 4.69) is 10.2 Å². The van der Waals surface area contributed by atoms with Crippen molar-refractivity contribution in [1.82, 2.24) is 10.2 Å². The molecule has 2 bridgehead atoms. The average Bonchev–Trinajstić information content (AvgIpc) is 3.17. The van der Waals surface area contributed by atoms with Crippen LogP contribution in [0.5, 0.6) is 0 Å². The molecule has 1 N–H and O–H groups in total. The van der Waals surface area contributed by atoms with Gasteiger partial charge in [0.05, 0.1) is 9.21 Å². The van der Waals surface area contributed by atoms with Crippen molar-refractivity contribution in [2.24, 2.45) is 5.92 Å². The second-order valence-corrected chi connectivity index (χ2v) is 8.78. The molecule has 2 aromatic heterocycles. The summed E-state index contributed by atoms with van der Waals surface area (Å²) in [5.74, 6) is 0.724. The Morgan fingerprint density at radius 2 is 1.86 bits per heavy atom. The van der Waals surface area contributed by atoms with Gasteiger partial charge in [-0.2, -0.15) is 0 Å². The molecule has 0 unspecified atom stereocenters. The first-order valence-electron chi connectivity index (χ1n) is 7.58. The maximum absolute atomic E-state index is 12.5. The van der Waals surface area contributed by atoms with E-state index in [9.17, 15) is 4.79 Å². The number of amides is 1. The minimum absolute atomic E-state index is 0.0673. The maximum Gasteiger partial charge on any atom is 0.261 e. The van der Waals surface area contributed by atoms with Gasteiger partial charge in [-0.25, -0.2) is 0 Å². The van der Waals surface area contributed by atoms with Crippen LogP contribution in [-0.2, 0) is 0 Å². The van der Waals surface area contributed by atoms with Gasteiger partial charge in [0, 0.05) is 22.3 Å². The molecule has 1 atom stereocenters. The lowest BCUT2D eigenvalue weighted by molar-refractivity contribution is 0.0622. The fraction of sp³-hybridized carbons (Fsp3) is 0.438. The van der Waals surface area contributed by atoms with Gasteiger partial charge in [0.1, 0.15) is 0 Å². The number of carbonyl (C=O) groups is 1. The molecule has 0 spiro atoms. The summed E-state index contributed by atoms with van der Waals surface area (Å²) in [6.45, 7) is 3.40. The van der Waals surface area contributed by atoms with Gasteiger partial charge < -0.3 is 10.2 Å². The molecule has 3 saturated heterocycles. The van der Waals surface area contributed by atoms with E-state index < -0.39 is 0 Å². The van der Waals surface area contributed by atoms with Crippen molar-refractivity contribution in [2.45, 2.75) is 18.9 Å². The molecule has 0 saturated carbocycles. The van der Waals surface area contributed by atoms with E-state index in [0.29, 0.717) is 12.0 Å². The third kappa shape index (κ3) is 2.83. The Bertz CT molecular complexity index is 688. The summed E-state index contributed by atoms with van der Waals surface area (Å²) in [4.78, 5) is 18.0. The standard InChI is InChI=1S/C16H17ClN2OS2/c17-15-4-3-13(22-15)12-1-2-14(21-12)16(20)18-11-9-19-7-5-10(11)6-8-19/h1-4,10-11H,5-9H2,(H,18,20)/t11-/m0/s1. The van der Waals surface area contributed by atoms with E-state index in [-0.39, 0.29) is 5.91 Å². The molecule has 3 fully saturated rings. The first kappa shape index (κ1) is 14.7. The molecule has 3 aliphatic rings. The highest BCUT2D eigenvalue weighted by Crippen LogP contribution is 2.35. The normalized spacial score (nSPS) is 27.0.